The van der Waals surface area contributed by atoms with Crippen LogP contribution in [0.5, 0.6) is 0 Å². The van der Waals surface area contributed by atoms with Gasteiger partial charge in [-0.05, 0) is 19.4 Å². The molecule has 0 bridgehead atoms. The number of unbranched alkanes of at least 4 members (excludes halogenated alkanes) is 1. The van der Waals surface area contributed by atoms with Gasteiger partial charge >= 0.3 is 41.7 Å². The fourth-order valence-electron chi connectivity index (χ4n) is 1.69. The zero-order valence-electron chi connectivity index (χ0n) is 14.4. The van der Waals surface area contributed by atoms with Crippen LogP contribution in [0.1, 0.15) is 12.8 Å². The van der Waals surface area contributed by atoms with Crippen LogP contribution in [-0.4, -0.2) is 60.7 Å². The van der Waals surface area contributed by atoms with Crippen LogP contribution >= 0.6 is 12.4 Å². The third-order valence-electron chi connectivity index (χ3n) is 3.53. The maximum absolute atomic E-state index is 13.4. The van der Waals surface area contributed by atoms with Gasteiger partial charge in [-0.3, -0.25) is 4.79 Å². The van der Waals surface area contributed by atoms with Crippen molar-refractivity contribution in [2.24, 2.45) is 5.73 Å². The Morgan fingerprint density at radius 3 is 1.32 bits per heavy atom. The summed E-state index contributed by atoms with van der Waals surface area (Å²) in [5.74, 6) is -51.3. The van der Waals surface area contributed by atoms with E-state index in [2.05, 4.69) is 0 Å². The number of alkyl halides is 15. The standard InChI is InChI=1S/C12H11F15N2O.ClH/c13-6(14,5(30)29-4-2-1-3-28)7(15,16)8(17,18)9(19,20)10(21,22)11(23,24)12(25,26)27;/h1-4,28H2,(H,29,30);1H. The number of hydrogen-bond donors (Lipinski definition) is 2. The molecule has 31 heavy (non-hydrogen) atoms. The van der Waals surface area contributed by atoms with Crippen molar-refractivity contribution in [2.75, 3.05) is 13.1 Å². The number of nitrogens with one attached hydrogen (secondary N) is 1. The lowest BCUT2D eigenvalue weighted by Gasteiger charge is -2.41. The van der Waals surface area contributed by atoms with E-state index >= 15 is 0 Å². The Hall–Kier alpha value is -1.33. The molecule has 0 spiro atoms. The number of hydrogen-bond acceptors (Lipinski definition) is 2. The molecule has 0 saturated heterocycles. The van der Waals surface area contributed by atoms with Gasteiger partial charge in [-0.15, -0.1) is 12.4 Å². The van der Waals surface area contributed by atoms with E-state index in [-0.39, 0.29) is 31.8 Å². The van der Waals surface area contributed by atoms with Crippen LogP contribution in [0.25, 0.3) is 0 Å². The normalized spacial score (nSPS) is 14.8. The Balaban J connectivity index is 0. The van der Waals surface area contributed by atoms with Gasteiger partial charge in [0.1, 0.15) is 0 Å². The summed E-state index contributed by atoms with van der Waals surface area (Å²) in [5.41, 5.74) is 4.94. The Kier molecular flexibility index (Phi) is 9.52. The molecule has 0 rings (SSSR count). The van der Waals surface area contributed by atoms with E-state index in [0.717, 1.165) is 5.32 Å². The SMILES string of the molecule is Cl.NCCCCNC(=O)C(F)(F)C(F)(F)C(F)(F)C(F)(F)C(F)(F)C(F)(F)C(F)(F)F. The van der Waals surface area contributed by atoms with Crippen LogP contribution in [0, 0.1) is 0 Å². The monoisotopic (exact) mass is 520 g/mol. The largest absolute Gasteiger partial charge is 0.460 e. The van der Waals surface area contributed by atoms with E-state index in [4.69, 9.17) is 5.73 Å². The molecular weight excluding hydrogens is 509 g/mol. The number of carbonyl (C=O) groups excluding carboxylic acids is 1. The molecule has 0 radical (unpaired) electrons. The van der Waals surface area contributed by atoms with Crippen LogP contribution in [-0.2, 0) is 4.79 Å². The second-order valence-electron chi connectivity index (χ2n) is 5.70. The summed E-state index contributed by atoms with van der Waals surface area (Å²) in [6.07, 6.45) is -8.05. The predicted octanol–water partition coefficient (Wildman–Crippen LogP) is 4.64. The molecule has 0 aromatic carbocycles. The molecule has 0 aromatic heterocycles. The van der Waals surface area contributed by atoms with E-state index in [0.29, 0.717) is 0 Å². The summed E-state index contributed by atoms with van der Waals surface area (Å²) in [6.45, 7) is -1.10. The molecule has 3 nitrogen and oxygen atoms in total. The maximum atomic E-state index is 13.4. The fourth-order valence-corrected chi connectivity index (χ4v) is 1.69. The van der Waals surface area contributed by atoms with Crippen LogP contribution in [0.15, 0.2) is 0 Å². The Morgan fingerprint density at radius 1 is 0.613 bits per heavy atom. The second-order valence-corrected chi connectivity index (χ2v) is 5.70. The molecule has 0 atom stereocenters. The first-order chi connectivity index (χ1) is 13.0. The van der Waals surface area contributed by atoms with Crippen molar-refractivity contribution in [1.29, 1.82) is 0 Å². The minimum atomic E-state index is -8.41. The smallest absolute Gasteiger partial charge is 0.351 e. The lowest BCUT2D eigenvalue weighted by atomic mass is 9.91. The highest BCUT2D eigenvalue weighted by Crippen LogP contribution is 2.62. The van der Waals surface area contributed by atoms with Gasteiger partial charge in [-0.25, -0.2) is 0 Å². The van der Waals surface area contributed by atoms with Crippen molar-refractivity contribution in [2.45, 2.75) is 54.6 Å². The lowest BCUT2D eigenvalue weighted by Crippen LogP contribution is -2.74. The van der Waals surface area contributed by atoms with Gasteiger partial charge in [-0.1, -0.05) is 0 Å². The zero-order valence-corrected chi connectivity index (χ0v) is 15.2. The quantitative estimate of drug-likeness (QED) is 0.326. The highest BCUT2D eigenvalue weighted by Gasteiger charge is 2.94. The Morgan fingerprint density at radius 2 is 0.968 bits per heavy atom. The molecule has 0 aliphatic carbocycles. The molecule has 0 unspecified atom stereocenters. The van der Waals surface area contributed by atoms with Gasteiger partial charge in [0.05, 0.1) is 0 Å². The number of rotatable bonds is 10. The Bertz CT molecular complexity index is 620. The number of carbonyl (C=O) groups is 1. The zero-order chi connectivity index (χ0) is 24.6. The van der Waals surface area contributed by atoms with E-state index in [1.807, 2.05) is 0 Å². The van der Waals surface area contributed by atoms with Gasteiger partial charge < -0.3 is 11.1 Å². The first kappa shape index (κ1) is 31.9. The first-order valence-electron chi connectivity index (χ1n) is 7.30. The van der Waals surface area contributed by atoms with Gasteiger partial charge in [-0.2, -0.15) is 65.9 Å². The number of amides is 1. The third-order valence-corrected chi connectivity index (χ3v) is 3.53. The van der Waals surface area contributed by atoms with Gasteiger partial charge in [0.2, 0.25) is 0 Å². The molecule has 0 heterocycles. The van der Waals surface area contributed by atoms with E-state index in [1.165, 1.54) is 0 Å². The Labute approximate surface area is 168 Å². The molecule has 0 aromatic rings. The topological polar surface area (TPSA) is 55.1 Å². The van der Waals surface area contributed by atoms with E-state index < -0.39 is 54.2 Å². The summed E-state index contributed by atoms with van der Waals surface area (Å²) >= 11 is 0. The summed E-state index contributed by atoms with van der Waals surface area (Å²) in [6, 6.07) is 0. The molecule has 0 aliphatic heterocycles. The molecule has 188 valence electrons. The highest BCUT2D eigenvalue weighted by atomic mass is 35.5. The van der Waals surface area contributed by atoms with Crippen molar-refractivity contribution < 1.29 is 70.7 Å². The van der Waals surface area contributed by atoms with Crippen molar-refractivity contribution in [1.82, 2.24) is 5.32 Å². The lowest BCUT2D eigenvalue weighted by molar-refractivity contribution is -0.449. The van der Waals surface area contributed by atoms with E-state index in [1.54, 1.807) is 0 Å². The van der Waals surface area contributed by atoms with Crippen LogP contribution < -0.4 is 11.1 Å². The average molecular weight is 521 g/mol. The van der Waals surface area contributed by atoms with Crippen LogP contribution in [0.4, 0.5) is 65.9 Å². The molecule has 3 N–H and O–H groups in total. The molecule has 19 heteroatoms. The number of halogens is 16. The summed E-state index contributed by atoms with van der Waals surface area (Å²) < 4.78 is 194. The second kappa shape index (κ2) is 9.27. The first-order valence-corrected chi connectivity index (χ1v) is 7.30. The van der Waals surface area contributed by atoms with Gasteiger partial charge in [0.25, 0.3) is 5.91 Å². The summed E-state index contributed by atoms with van der Waals surface area (Å²) in [4.78, 5) is 11.0. The number of nitrogens with two attached hydrogens (primary N) is 1. The molecule has 0 saturated carbocycles. The van der Waals surface area contributed by atoms with Crippen LogP contribution in [0.3, 0.4) is 0 Å². The van der Waals surface area contributed by atoms with Crippen LogP contribution in [0.2, 0.25) is 0 Å². The van der Waals surface area contributed by atoms with Crippen molar-refractivity contribution in [3.63, 3.8) is 0 Å². The minimum absolute atomic E-state index is 0. The minimum Gasteiger partial charge on any atom is -0.351 e. The molecule has 0 fully saturated rings. The van der Waals surface area contributed by atoms with Crippen molar-refractivity contribution >= 4 is 18.3 Å². The summed E-state index contributed by atoms with van der Waals surface area (Å²) in [5, 5.41) is 0.862. The van der Waals surface area contributed by atoms with Crippen molar-refractivity contribution in [3.05, 3.63) is 0 Å². The molecule has 0 aliphatic rings. The predicted molar refractivity (Wildman–Crippen MR) is 74.3 cm³/mol. The highest BCUT2D eigenvalue weighted by molar-refractivity contribution is 5.85. The molecular formula is C12H12ClF15N2O. The third kappa shape index (κ3) is 4.88. The van der Waals surface area contributed by atoms with Gasteiger partial charge in [0, 0.05) is 6.54 Å². The summed E-state index contributed by atoms with van der Waals surface area (Å²) in [7, 11) is 0. The van der Waals surface area contributed by atoms with Crippen molar-refractivity contribution in [3.8, 4) is 0 Å². The van der Waals surface area contributed by atoms with Gasteiger partial charge in [0.15, 0.2) is 0 Å². The molecule has 1 amide bonds. The average Bonchev–Trinajstić information content (AvgIpc) is 2.56. The fraction of sp³-hybridized carbons (Fsp3) is 0.917. The maximum Gasteiger partial charge on any atom is 0.460 e. The van der Waals surface area contributed by atoms with E-state index in [9.17, 15) is 70.7 Å².